The first-order chi connectivity index (χ1) is 9.24. The lowest BCUT2D eigenvalue weighted by atomic mass is 9.94. The summed E-state index contributed by atoms with van der Waals surface area (Å²) in [7, 11) is 0. The Hall–Kier alpha value is -0.840. The number of phenols is 1. The van der Waals surface area contributed by atoms with Gasteiger partial charge in [-0.3, -0.25) is 0 Å². The number of halogens is 1. The normalized spacial score (nSPS) is 18.3. The summed E-state index contributed by atoms with van der Waals surface area (Å²) in [6, 6.07) is 8.22. The zero-order valence-electron chi connectivity index (χ0n) is 10.5. The maximum absolute atomic E-state index is 9.86. The van der Waals surface area contributed by atoms with Gasteiger partial charge in [0, 0.05) is 27.5 Å². The lowest BCUT2D eigenvalue weighted by Crippen LogP contribution is -2.23. The highest BCUT2D eigenvalue weighted by Gasteiger charge is 2.20. The van der Waals surface area contributed by atoms with Gasteiger partial charge in [-0.05, 0) is 54.5 Å². The number of benzene rings is 1. The van der Waals surface area contributed by atoms with Crippen molar-refractivity contribution < 1.29 is 5.11 Å². The zero-order chi connectivity index (χ0) is 13.2. The summed E-state index contributed by atoms with van der Waals surface area (Å²) in [6.45, 7) is 0.700. The Balaban J connectivity index is 1.72. The molecule has 1 heterocycles. The molecular weight excluding hydrogens is 322 g/mol. The number of aromatic hydroxyl groups is 1. The lowest BCUT2D eigenvalue weighted by Gasteiger charge is -2.24. The second kappa shape index (κ2) is 5.65. The van der Waals surface area contributed by atoms with Crippen molar-refractivity contribution in [1.82, 2.24) is 5.32 Å². The van der Waals surface area contributed by atoms with Gasteiger partial charge in [0.25, 0.3) is 0 Å². The monoisotopic (exact) mass is 337 g/mol. The van der Waals surface area contributed by atoms with Gasteiger partial charge in [0.1, 0.15) is 5.75 Å². The molecule has 1 aliphatic rings. The minimum Gasteiger partial charge on any atom is -0.508 e. The smallest absolute Gasteiger partial charge is 0.120 e. The Labute approximate surface area is 125 Å². The molecule has 2 N–H and O–H groups in total. The van der Waals surface area contributed by atoms with Crippen molar-refractivity contribution in [2.24, 2.45) is 0 Å². The van der Waals surface area contributed by atoms with Crippen LogP contribution in [0.25, 0.3) is 0 Å². The molecule has 4 heteroatoms. The standard InChI is InChI=1S/C15H16BrNOS/c16-11-4-5-14(18)10(8-11)9-17-13-2-1-3-15-12(13)6-7-19-15/h4-8,13,17-18H,1-3,9H2. The molecule has 2 nitrogen and oxygen atoms in total. The van der Waals surface area contributed by atoms with Crippen LogP contribution in [-0.4, -0.2) is 5.11 Å². The summed E-state index contributed by atoms with van der Waals surface area (Å²) in [4.78, 5) is 1.52. The molecule has 0 aliphatic heterocycles. The fraction of sp³-hybridized carbons (Fsp3) is 0.333. The van der Waals surface area contributed by atoms with Gasteiger partial charge in [-0.25, -0.2) is 0 Å². The van der Waals surface area contributed by atoms with Crippen molar-refractivity contribution in [3.05, 3.63) is 50.1 Å². The predicted molar refractivity (Wildman–Crippen MR) is 82.6 cm³/mol. The van der Waals surface area contributed by atoms with E-state index < -0.39 is 0 Å². The molecule has 0 spiro atoms. The van der Waals surface area contributed by atoms with E-state index in [0.717, 1.165) is 10.0 Å². The quantitative estimate of drug-likeness (QED) is 0.870. The Bertz CT molecular complexity index is 581. The molecule has 100 valence electrons. The van der Waals surface area contributed by atoms with E-state index in [0.29, 0.717) is 18.3 Å². The summed E-state index contributed by atoms with van der Waals surface area (Å²) in [6.07, 6.45) is 3.64. The highest BCUT2D eigenvalue weighted by Crippen LogP contribution is 2.33. The average molecular weight is 338 g/mol. The number of hydrogen-bond donors (Lipinski definition) is 2. The molecular formula is C15H16BrNOS. The molecule has 0 fully saturated rings. The number of aryl methyl sites for hydroxylation is 1. The molecule has 19 heavy (non-hydrogen) atoms. The molecule has 3 rings (SSSR count). The summed E-state index contributed by atoms with van der Waals surface area (Å²) >= 11 is 5.30. The maximum atomic E-state index is 9.86. The van der Waals surface area contributed by atoms with E-state index in [1.807, 2.05) is 23.5 Å². The van der Waals surface area contributed by atoms with Crippen LogP contribution in [0.2, 0.25) is 0 Å². The lowest BCUT2D eigenvalue weighted by molar-refractivity contribution is 0.439. The number of hydrogen-bond acceptors (Lipinski definition) is 3. The third-order valence-corrected chi connectivity index (χ3v) is 5.12. The summed E-state index contributed by atoms with van der Waals surface area (Å²) in [5.41, 5.74) is 2.39. The molecule has 2 aromatic rings. The van der Waals surface area contributed by atoms with E-state index in [-0.39, 0.29) is 0 Å². The van der Waals surface area contributed by atoms with E-state index in [1.54, 1.807) is 6.07 Å². The minimum atomic E-state index is 0.358. The number of nitrogens with one attached hydrogen (secondary N) is 1. The molecule has 1 aliphatic carbocycles. The molecule has 1 atom stereocenters. The number of rotatable bonds is 3. The van der Waals surface area contributed by atoms with Crippen molar-refractivity contribution in [2.75, 3.05) is 0 Å². The first-order valence-electron chi connectivity index (χ1n) is 6.51. The van der Waals surface area contributed by atoms with Crippen molar-refractivity contribution in [3.8, 4) is 5.75 Å². The molecule has 1 aromatic heterocycles. The second-order valence-corrected chi connectivity index (χ2v) is 6.81. The summed E-state index contributed by atoms with van der Waals surface area (Å²) in [5, 5.41) is 15.6. The first-order valence-corrected chi connectivity index (χ1v) is 8.18. The Kier molecular flexibility index (Phi) is 3.91. The molecule has 0 saturated carbocycles. The zero-order valence-corrected chi connectivity index (χ0v) is 12.9. The van der Waals surface area contributed by atoms with Crippen LogP contribution in [0.1, 0.15) is 34.9 Å². The number of fused-ring (bicyclic) bond motifs is 1. The van der Waals surface area contributed by atoms with Crippen LogP contribution < -0.4 is 5.32 Å². The van der Waals surface area contributed by atoms with Crippen LogP contribution in [0, 0.1) is 0 Å². The molecule has 0 saturated heterocycles. The Morgan fingerprint density at radius 3 is 3.16 bits per heavy atom. The van der Waals surface area contributed by atoms with E-state index in [9.17, 15) is 5.11 Å². The van der Waals surface area contributed by atoms with Crippen LogP contribution in [0.5, 0.6) is 5.75 Å². The van der Waals surface area contributed by atoms with Crippen LogP contribution in [0.4, 0.5) is 0 Å². The summed E-state index contributed by atoms with van der Waals surface area (Å²) in [5.74, 6) is 0.358. The van der Waals surface area contributed by atoms with Gasteiger partial charge in [0.05, 0.1) is 0 Å². The van der Waals surface area contributed by atoms with E-state index >= 15 is 0 Å². The van der Waals surface area contributed by atoms with Gasteiger partial charge >= 0.3 is 0 Å². The molecule has 0 radical (unpaired) electrons. The highest BCUT2D eigenvalue weighted by atomic mass is 79.9. The highest BCUT2D eigenvalue weighted by molar-refractivity contribution is 9.10. The van der Waals surface area contributed by atoms with Gasteiger partial charge in [-0.15, -0.1) is 11.3 Å². The van der Waals surface area contributed by atoms with Gasteiger partial charge in [0.2, 0.25) is 0 Å². The van der Waals surface area contributed by atoms with Crippen molar-refractivity contribution in [1.29, 1.82) is 0 Å². The second-order valence-electron chi connectivity index (χ2n) is 4.90. The van der Waals surface area contributed by atoms with E-state index in [2.05, 4.69) is 32.7 Å². The fourth-order valence-electron chi connectivity index (χ4n) is 2.63. The van der Waals surface area contributed by atoms with Gasteiger partial charge in [-0.1, -0.05) is 15.9 Å². The number of thiophene rings is 1. The third kappa shape index (κ3) is 2.86. The summed E-state index contributed by atoms with van der Waals surface area (Å²) < 4.78 is 1.00. The molecule has 1 unspecified atom stereocenters. The predicted octanol–water partition coefficient (Wildman–Crippen LogP) is 4.38. The topological polar surface area (TPSA) is 32.3 Å². The molecule has 1 aromatic carbocycles. The van der Waals surface area contributed by atoms with E-state index in [4.69, 9.17) is 0 Å². The van der Waals surface area contributed by atoms with Crippen LogP contribution in [0.3, 0.4) is 0 Å². The van der Waals surface area contributed by atoms with Crippen molar-refractivity contribution >= 4 is 27.3 Å². The molecule has 0 bridgehead atoms. The van der Waals surface area contributed by atoms with Gasteiger partial charge in [-0.2, -0.15) is 0 Å². The molecule has 0 amide bonds. The number of phenolic OH excluding ortho intramolecular Hbond substituents is 1. The van der Waals surface area contributed by atoms with Crippen molar-refractivity contribution in [3.63, 3.8) is 0 Å². The first kappa shape index (κ1) is 13.2. The largest absolute Gasteiger partial charge is 0.508 e. The Morgan fingerprint density at radius 2 is 2.26 bits per heavy atom. The van der Waals surface area contributed by atoms with Gasteiger partial charge < -0.3 is 10.4 Å². The maximum Gasteiger partial charge on any atom is 0.120 e. The van der Waals surface area contributed by atoms with E-state index in [1.165, 1.54) is 29.7 Å². The average Bonchev–Trinajstić information content (AvgIpc) is 2.88. The van der Waals surface area contributed by atoms with Crippen LogP contribution in [-0.2, 0) is 13.0 Å². The van der Waals surface area contributed by atoms with Crippen LogP contribution in [0.15, 0.2) is 34.1 Å². The van der Waals surface area contributed by atoms with Gasteiger partial charge in [0.15, 0.2) is 0 Å². The SMILES string of the molecule is Oc1ccc(Br)cc1CNC1CCCc2sccc21. The third-order valence-electron chi connectivity index (χ3n) is 3.63. The Morgan fingerprint density at radius 1 is 1.37 bits per heavy atom. The minimum absolute atomic E-state index is 0.358. The van der Waals surface area contributed by atoms with Crippen LogP contribution >= 0.6 is 27.3 Å². The van der Waals surface area contributed by atoms with Crippen molar-refractivity contribution in [2.45, 2.75) is 31.8 Å². The fourth-order valence-corrected chi connectivity index (χ4v) is 4.02.